The lowest BCUT2D eigenvalue weighted by molar-refractivity contribution is -0.384. The molecule has 0 radical (unpaired) electrons. The highest BCUT2D eigenvalue weighted by Gasteiger charge is 2.29. The molecule has 1 N–H and O–H groups in total. The monoisotopic (exact) mass is 347 g/mol. The molecular weight excluding hydrogens is 330 g/mol. The predicted molar refractivity (Wildman–Crippen MR) is 90.2 cm³/mol. The lowest BCUT2D eigenvalue weighted by atomic mass is 10.1. The minimum absolute atomic E-state index is 0.108. The van der Waals surface area contributed by atoms with Gasteiger partial charge in [0.05, 0.1) is 10.7 Å². The second-order valence-electron chi connectivity index (χ2n) is 5.74. The summed E-state index contributed by atoms with van der Waals surface area (Å²) >= 11 is 1.27. The van der Waals surface area contributed by atoms with Crippen molar-refractivity contribution in [3.8, 4) is 0 Å². The van der Waals surface area contributed by atoms with Gasteiger partial charge in [0.15, 0.2) is 5.16 Å². The summed E-state index contributed by atoms with van der Waals surface area (Å²) in [4.78, 5) is 22.7. The number of anilines is 1. The second-order valence-corrected chi connectivity index (χ2v) is 6.68. The molecule has 1 aliphatic rings. The van der Waals surface area contributed by atoms with Crippen LogP contribution in [0.1, 0.15) is 30.1 Å². The maximum absolute atomic E-state index is 12.2. The smallest absolute Gasteiger partial charge is 0.293 e. The van der Waals surface area contributed by atoms with Crippen molar-refractivity contribution < 1.29 is 9.72 Å². The van der Waals surface area contributed by atoms with Gasteiger partial charge in [0.1, 0.15) is 11.5 Å². The molecule has 24 heavy (non-hydrogen) atoms. The number of benzene rings is 1. The van der Waals surface area contributed by atoms with Crippen molar-refractivity contribution in [1.82, 2.24) is 14.8 Å². The molecule has 0 unspecified atom stereocenters. The normalized spacial score (nSPS) is 13.8. The van der Waals surface area contributed by atoms with Crippen LogP contribution in [0.3, 0.4) is 0 Å². The summed E-state index contributed by atoms with van der Waals surface area (Å²) in [6.45, 7) is 1.72. The molecular formula is C15H17N5O3S. The maximum atomic E-state index is 12.2. The zero-order chi connectivity index (χ0) is 17.3. The van der Waals surface area contributed by atoms with Crippen molar-refractivity contribution in [3.63, 3.8) is 0 Å². The number of carbonyl (C=O) groups is 1. The van der Waals surface area contributed by atoms with Crippen LogP contribution in [0.4, 0.5) is 11.4 Å². The molecule has 1 aliphatic carbocycles. The average Bonchev–Trinajstić information content (AvgIpc) is 3.31. The summed E-state index contributed by atoms with van der Waals surface area (Å²) in [6.07, 6.45) is 2.27. The molecule has 1 aromatic carbocycles. The first-order chi connectivity index (χ1) is 11.5. The zero-order valence-electron chi connectivity index (χ0n) is 13.4. The van der Waals surface area contributed by atoms with E-state index >= 15 is 0 Å². The first-order valence-electron chi connectivity index (χ1n) is 7.53. The van der Waals surface area contributed by atoms with E-state index in [2.05, 4.69) is 15.5 Å². The highest BCUT2D eigenvalue weighted by molar-refractivity contribution is 7.99. The zero-order valence-corrected chi connectivity index (χ0v) is 14.2. The van der Waals surface area contributed by atoms with E-state index in [9.17, 15) is 14.9 Å². The predicted octanol–water partition coefficient (Wildman–Crippen LogP) is 2.64. The third kappa shape index (κ3) is 3.40. The Morgan fingerprint density at radius 3 is 2.88 bits per heavy atom. The number of thioether (sulfide) groups is 1. The highest BCUT2D eigenvalue weighted by atomic mass is 32.2. The Hall–Kier alpha value is -2.42. The number of nitro groups is 1. The van der Waals surface area contributed by atoms with Crippen LogP contribution in [0.2, 0.25) is 0 Å². The van der Waals surface area contributed by atoms with Gasteiger partial charge in [-0.25, -0.2) is 0 Å². The van der Waals surface area contributed by atoms with E-state index in [1.807, 2.05) is 11.6 Å². The number of nitrogens with one attached hydrogen (secondary N) is 1. The van der Waals surface area contributed by atoms with Crippen molar-refractivity contribution >= 4 is 29.0 Å². The summed E-state index contributed by atoms with van der Waals surface area (Å²) in [6, 6.07) is 4.69. The topological polar surface area (TPSA) is 103 Å². The van der Waals surface area contributed by atoms with Crippen LogP contribution in [0.15, 0.2) is 23.4 Å². The third-order valence-electron chi connectivity index (χ3n) is 3.86. The number of nitrogens with zero attached hydrogens (tertiary/aromatic N) is 4. The van der Waals surface area contributed by atoms with Gasteiger partial charge in [0.25, 0.3) is 5.69 Å². The Morgan fingerprint density at radius 1 is 1.46 bits per heavy atom. The van der Waals surface area contributed by atoms with Crippen molar-refractivity contribution in [1.29, 1.82) is 0 Å². The summed E-state index contributed by atoms with van der Waals surface area (Å²) < 4.78 is 1.91. The number of aryl methyl sites for hydroxylation is 1. The van der Waals surface area contributed by atoms with Crippen LogP contribution in [-0.4, -0.2) is 31.3 Å². The second kappa shape index (κ2) is 6.60. The summed E-state index contributed by atoms with van der Waals surface area (Å²) in [7, 11) is 1.89. The van der Waals surface area contributed by atoms with E-state index in [1.54, 1.807) is 19.1 Å². The minimum Gasteiger partial charge on any atom is -0.319 e. The molecule has 9 heteroatoms. The van der Waals surface area contributed by atoms with E-state index in [0.29, 0.717) is 16.6 Å². The van der Waals surface area contributed by atoms with Crippen molar-refractivity contribution in [3.05, 3.63) is 39.7 Å². The molecule has 0 atom stereocenters. The van der Waals surface area contributed by atoms with Gasteiger partial charge >= 0.3 is 0 Å². The lowest BCUT2D eigenvalue weighted by Crippen LogP contribution is -2.16. The Balaban J connectivity index is 1.65. The van der Waals surface area contributed by atoms with Gasteiger partial charge in [-0.15, -0.1) is 10.2 Å². The van der Waals surface area contributed by atoms with Gasteiger partial charge in [-0.05, 0) is 25.3 Å². The van der Waals surface area contributed by atoms with E-state index in [-0.39, 0.29) is 23.0 Å². The van der Waals surface area contributed by atoms with Crippen molar-refractivity contribution in [2.24, 2.45) is 7.05 Å². The number of rotatable bonds is 6. The van der Waals surface area contributed by atoms with E-state index in [0.717, 1.165) is 18.7 Å². The number of hydrogen-bond donors (Lipinski definition) is 1. The molecule has 8 nitrogen and oxygen atoms in total. The van der Waals surface area contributed by atoms with Crippen LogP contribution in [0, 0.1) is 17.0 Å². The molecule has 0 bridgehead atoms. The Labute approximate surface area is 142 Å². The number of hydrogen-bond acceptors (Lipinski definition) is 6. The maximum Gasteiger partial charge on any atom is 0.293 e. The number of carbonyl (C=O) groups excluding carboxylic acids is 1. The van der Waals surface area contributed by atoms with Gasteiger partial charge < -0.3 is 9.88 Å². The molecule has 1 aromatic heterocycles. The first-order valence-corrected chi connectivity index (χ1v) is 8.52. The summed E-state index contributed by atoms with van der Waals surface area (Å²) in [5.74, 6) is 1.24. The van der Waals surface area contributed by atoms with Gasteiger partial charge in [0.2, 0.25) is 5.91 Å². The molecule has 3 rings (SSSR count). The van der Waals surface area contributed by atoms with Crippen LogP contribution in [-0.2, 0) is 11.8 Å². The van der Waals surface area contributed by atoms with Gasteiger partial charge in [-0.1, -0.05) is 23.9 Å². The minimum atomic E-state index is -0.500. The Bertz CT molecular complexity index is 800. The molecule has 126 valence electrons. The summed E-state index contributed by atoms with van der Waals surface area (Å²) in [5.41, 5.74) is 0.782. The molecule has 0 aliphatic heterocycles. The molecule has 1 fully saturated rings. The fourth-order valence-electron chi connectivity index (χ4n) is 2.42. The Morgan fingerprint density at radius 2 is 2.21 bits per heavy atom. The van der Waals surface area contributed by atoms with Crippen molar-refractivity contribution in [2.45, 2.75) is 30.8 Å². The molecule has 1 heterocycles. The number of amides is 1. The quantitative estimate of drug-likeness (QED) is 0.489. The largest absolute Gasteiger partial charge is 0.319 e. The highest BCUT2D eigenvalue weighted by Crippen LogP contribution is 2.39. The third-order valence-corrected chi connectivity index (χ3v) is 4.88. The van der Waals surface area contributed by atoms with Gasteiger partial charge in [-0.2, -0.15) is 0 Å². The van der Waals surface area contributed by atoms with Crippen molar-refractivity contribution in [2.75, 3.05) is 11.1 Å². The van der Waals surface area contributed by atoms with E-state index < -0.39 is 4.92 Å². The molecule has 1 saturated carbocycles. The van der Waals surface area contributed by atoms with Gasteiger partial charge in [-0.3, -0.25) is 14.9 Å². The standard InChI is InChI=1S/C15H17N5O3S/c1-9-4-3-5-11(20(22)23)13(9)16-12(21)8-24-15-18-17-14(19(15)2)10-6-7-10/h3-5,10H,6-8H2,1-2H3,(H,16,21). The van der Waals surface area contributed by atoms with Crippen LogP contribution < -0.4 is 5.32 Å². The molecule has 0 saturated heterocycles. The molecule has 1 amide bonds. The average molecular weight is 347 g/mol. The van der Waals surface area contributed by atoms with Crippen LogP contribution >= 0.6 is 11.8 Å². The SMILES string of the molecule is Cc1cccc([N+](=O)[O-])c1NC(=O)CSc1nnc(C2CC2)n1C. The fraction of sp³-hybridized carbons (Fsp3) is 0.400. The molecule has 0 spiro atoms. The lowest BCUT2D eigenvalue weighted by Gasteiger charge is -2.08. The first kappa shape index (κ1) is 16.4. The Kier molecular flexibility index (Phi) is 4.52. The van der Waals surface area contributed by atoms with Crippen LogP contribution in [0.5, 0.6) is 0 Å². The molecule has 2 aromatic rings. The van der Waals surface area contributed by atoms with Gasteiger partial charge in [0, 0.05) is 19.0 Å². The fourth-order valence-corrected chi connectivity index (χ4v) is 3.14. The number of aromatic nitrogens is 3. The van der Waals surface area contributed by atoms with E-state index in [4.69, 9.17) is 0 Å². The number of para-hydroxylation sites is 1. The summed E-state index contributed by atoms with van der Waals surface area (Å²) in [5, 5.41) is 22.7. The van der Waals surface area contributed by atoms with E-state index in [1.165, 1.54) is 17.8 Å². The number of nitro benzene ring substituents is 1. The van der Waals surface area contributed by atoms with Crippen LogP contribution in [0.25, 0.3) is 0 Å².